The number of H-pyrrole nitrogens is 1. The summed E-state index contributed by atoms with van der Waals surface area (Å²) in [4.78, 5) is 14.9. The number of hydrogen-bond acceptors (Lipinski definition) is 8. The number of aliphatic hydroxyl groups excluding tert-OH is 3. The maximum absolute atomic E-state index is 8.92. The fraction of sp³-hybridized carbons (Fsp3) is 0.545. The smallest absolute Gasteiger partial charge is 0.182 e. The van der Waals surface area contributed by atoms with Crippen LogP contribution in [-0.4, -0.2) is 73.8 Å². The second-order valence-corrected chi connectivity index (χ2v) is 4.19. The summed E-state index contributed by atoms with van der Waals surface area (Å²) in [5.74, 6) is 0.771. The van der Waals surface area contributed by atoms with E-state index in [-0.39, 0.29) is 13.2 Å². The molecular weight excluding hydrogens is 266 g/mol. The first-order valence-corrected chi connectivity index (χ1v) is 6.07. The Labute approximate surface area is 114 Å². The number of nitrogens with zero attached hydrogens (tertiary/aromatic N) is 3. The molecule has 0 radical (unpaired) electrons. The molecule has 20 heavy (non-hydrogen) atoms. The maximum atomic E-state index is 8.92. The van der Waals surface area contributed by atoms with Crippen molar-refractivity contribution in [2.45, 2.75) is 18.3 Å². The number of imidazole rings is 1. The first-order valence-electron chi connectivity index (χ1n) is 6.07. The second-order valence-electron chi connectivity index (χ2n) is 4.19. The standard InChI is InChI=1S/C6H7N5.C5H10O4/c1-7-5-4-6(10-2-8-4)11-3-9-5;6-1-4-5(8)3(7)2-9-4/h2-3H,1H3,(H2,7,8,9,10,11);3-8H,1-2H2/t;3-,4+,5-/m.0/s1. The molecule has 3 rings (SSSR count). The molecule has 9 nitrogen and oxygen atoms in total. The summed E-state index contributed by atoms with van der Waals surface area (Å²) >= 11 is 0. The number of hydrogen-bond donors (Lipinski definition) is 5. The average Bonchev–Trinajstić information content (AvgIpc) is 3.07. The van der Waals surface area contributed by atoms with Gasteiger partial charge in [-0.3, -0.25) is 0 Å². The van der Waals surface area contributed by atoms with E-state index in [1.165, 1.54) is 6.33 Å². The molecule has 1 saturated heterocycles. The molecule has 5 N–H and O–H groups in total. The van der Waals surface area contributed by atoms with Crippen molar-refractivity contribution >= 4 is 17.0 Å². The number of aliphatic hydroxyl groups is 3. The van der Waals surface area contributed by atoms with Crippen LogP contribution >= 0.6 is 0 Å². The van der Waals surface area contributed by atoms with Gasteiger partial charge in [-0.2, -0.15) is 0 Å². The van der Waals surface area contributed by atoms with Crippen molar-refractivity contribution in [2.75, 3.05) is 25.6 Å². The number of aromatic nitrogens is 4. The number of ether oxygens (including phenoxy) is 1. The van der Waals surface area contributed by atoms with Crippen LogP contribution in [0.25, 0.3) is 11.2 Å². The molecule has 0 spiro atoms. The van der Waals surface area contributed by atoms with E-state index in [9.17, 15) is 0 Å². The predicted molar refractivity (Wildman–Crippen MR) is 70.1 cm³/mol. The lowest BCUT2D eigenvalue weighted by molar-refractivity contribution is -0.00588. The Kier molecular flexibility index (Phi) is 4.79. The lowest BCUT2D eigenvalue weighted by Crippen LogP contribution is -2.31. The van der Waals surface area contributed by atoms with Crippen LogP contribution in [0, 0.1) is 0 Å². The first kappa shape index (κ1) is 14.6. The zero-order valence-corrected chi connectivity index (χ0v) is 10.9. The van der Waals surface area contributed by atoms with E-state index in [4.69, 9.17) is 20.1 Å². The van der Waals surface area contributed by atoms with Crippen molar-refractivity contribution in [1.82, 2.24) is 19.9 Å². The molecule has 0 aromatic carbocycles. The fourth-order valence-corrected chi connectivity index (χ4v) is 1.78. The molecule has 3 heterocycles. The van der Waals surface area contributed by atoms with Crippen molar-refractivity contribution in [2.24, 2.45) is 0 Å². The van der Waals surface area contributed by atoms with E-state index in [2.05, 4.69) is 25.3 Å². The van der Waals surface area contributed by atoms with Crippen molar-refractivity contribution in [3.05, 3.63) is 12.7 Å². The van der Waals surface area contributed by atoms with Gasteiger partial charge in [0.1, 0.15) is 30.2 Å². The number of anilines is 1. The van der Waals surface area contributed by atoms with Gasteiger partial charge in [-0.15, -0.1) is 0 Å². The molecule has 0 bridgehead atoms. The molecule has 1 aliphatic rings. The zero-order chi connectivity index (χ0) is 14.5. The highest BCUT2D eigenvalue weighted by Crippen LogP contribution is 2.13. The van der Waals surface area contributed by atoms with E-state index in [0.717, 1.165) is 11.3 Å². The lowest BCUT2D eigenvalue weighted by Gasteiger charge is -2.10. The van der Waals surface area contributed by atoms with Gasteiger partial charge in [0.15, 0.2) is 11.5 Å². The zero-order valence-electron chi connectivity index (χ0n) is 10.9. The predicted octanol–water partition coefficient (Wildman–Crippen LogP) is -1.51. The third kappa shape index (κ3) is 3.02. The molecule has 0 amide bonds. The van der Waals surface area contributed by atoms with Gasteiger partial charge in [0.2, 0.25) is 0 Å². The normalized spacial score (nSPS) is 25.3. The number of fused-ring (bicyclic) bond motifs is 1. The van der Waals surface area contributed by atoms with Gasteiger partial charge in [0, 0.05) is 7.05 Å². The molecule has 110 valence electrons. The van der Waals surface area contributed by atoms with Gasteiger partial charge < -0.3 is 30.4 Å². The third-order valence-electron chi connectivity index (χ3n) is 2.90. The van der Waals surface area contributed by atoms with E-state index >= 15 is 0 Å². The monoisotopic (exact) mass is 283 g/mol. The quantitative estimate of drug-likeness (QED) is 0.449. The lowest BCUT2D eigenvalue weighted by atomic mass is 10.2. The van der Waals surface area contributed by atoms with Crippen LogP contribution in [-0.2, 0) is 4.74 Å². The van der Waals surface area contributed by atoms with Gasteiger partial charge in [0.05, 0.1) is 19.5 Å². The van der Waals surface area contributed by atoms with Crippen LogP contribution in [0.3, 0.4) is 0 Å². The Morgan fingerprint density at radius 2 is 2.20 bits per heavy atom. The molecule has 1 aliphatic heterocycles. The van der Waals surface area contributed by atoms with Crippen LogP contribution in [0.4, 0.5) is 5.82 Å². The number of aromatic amines is 1. The van der Waals surface area contributed by atoms with Crippen LogP contribution in [0.2, 0.25) is 0 Å². The number of nitrogens with one attached hydrogen (secondary N) is 2. The molecule has 0 unspecified atom stereocenters. The van der Waals surface area contributed by atoms with E-state index in [1.54, 1.807) is 6.33 Å². The molecule has 9 heteroatoms. The summed E-state index contributed by atoms with van der Waals surface area (Å²) in [5.41, 5.74) is 1.53. The average molecular weight is 283 g/mol. The van der Waals surface area contributed by atoms with Crippen LogP contribution < -0.4 is 5.32 Å². The van der Waals surface area contributed by atoms with E-state index in [0.29, 0.717) is 5.65 Å². The minimum absolute atomic E-state index is 0.117. The van der Waals surface area contributed by atoms with Crippen LogP contribution in [0.15, 0.2) is 12.7 Å². The molecule has 2 aromatic rings. The van der Waals surface area contributed by atoms with Gasteiger partial charge in [0.25, 0.3) is 0 Å². The highest BCUT2D eigenvalue weighted by molar-refractivity contribution is 5.81. The first-order chi connectivity index (χ1) is 9.67. The van der Waals surface area contributed by atoms with Gasteiger partial charge in [-0.25, -0.2) is 15.0 Å². The Hall–Kier alpha value is -1.81. The Morgan fingerprint density at radius 1 is 1.40 bits per heavy atom. The third-order valence-corrected chi connectivity index (χ3v) is 2.90. The summed E-state index contributed by atoms with van der Waals surface area (Å²) in [6, 6.07) is 0. The van der Waals surface area contributed by atoms with Gasteiger partial charge >= 0.3 is 0 Å². The molecule has 0 saturated carbocycles. The molecule has 0 aliphatic carbocycles. The molecule has 2 aromatic heterocycles. The highest BCUT2D eigenvalue weighted by atomic mass is 16.5. The van der Waals surface area contributed by atoms with Crippen molar-refractivity contribution in [3.63, 3.8) is 0 Å². The van der Waals surface area contributed by atoms with Crippen LogP contribution in [0.5, 0.6) is 0 Å². The minimum atomic E-state index is -0.921. The molecule has 3 atom stereocenters. The van der Waals surface area contributed by atoms with Crippen molar-refractivity contribution < 1.29 is 20.1 Å². The van der Waals surface area contributed by atoms with E-state index < -0.39 is 18.3 Å². The number of rotatable bonds is 2. The summed E-state index contributed by atoms with van der Waals surface area (Å²) < 4.78 is 4.78. The molecular formula is C11H17N5O4. The Bertz CT molecular complexity index is 548. The second kappa shape index (κ2) is 6.57. The summed E-state index contributed by atoms with van der Waals surface area (Å²) in [6.45, 7) is -0.120. The Morgan fingerprint density at radius 3 is 2.75 bits per heavy atom. The van der Waals surface area contributed by atoms with Gasteiger partial charge in [-0.05, 0) is 0 Å². The van der Waals surface area contributed by atoms with E-state index in [1.807, 2.05) is 7.05 Å². The van der Waals surface area contributed by atoms with Crippen LogP contribution in [0.1, 0.15) is 0 Å². The Balaban J connectivity index is 0.000000151. The summed E-state index contributed by atoms with van der Waals surface area (Å²) in [6.07, 6.45) is 0.729. The fourth-order valence-electron chi connectivity index (χ4n) is 1.78. The van der Waals surface area contributed by atoms with Crippen molar-refractivity contribution in [3.8, 4) is 0 Å². The SMILES string of the molecule is CNc1ncnc2nc[nH]c12.OC[C@H]1OC[C@H](O)[C@@H]1O. The topological polar surface area (TPSA) is 136 Å². The summed E-state index contributed by atoms with van der Waals surface area (Å²) in [5, 5.41) is 29.1. The van der Waals surface area contributed by atoms with Gasteiger partial charge in [-0.1, -0.05) is 0 Å². The minimum Gasteiger partial charge on any atom is -0.394 e. The molecule has 1 fully saturated rings. The summed E-state index contributed by atoms with van der Waals surface area (Å²) in [7, 11) is 1.81. The van der Waals surface area contributed by atoms with Crippen molar-refractivity contribution in [1.29, 1.82) is 0 Å². The maximum Gasteiger partial charge on any atom is 0.182 e. The highest BCUT2D eigenvalue weighted by Gasteiger charge is 2.33. The largest absolute Gasteiger partial charge is 0.394 e.